The molecule has 2 heterocycles. The molecule has 32 heavy (non-hydrogen) atoms. The number of amides is 1. The van der Waals surface area contributed by atoms with Gasteiger partial charge in [-0.25, -0.2) is 9.97 Å². The molecule has 1 amide bonds. The topological polar surface area (TPSA) is 97.4 Å². The van der Waals surface area contributed by atoms with Gasteiger partial charge in [-0.2, -0.15) is 13.2 Å². The third-order valence-electron chi connectivity index (χ3n) is 4.61. The van der Waals surface area contributed by atoms with E-state index in [0.29, 0.717) is 42.0 Å². The summed E-state index contributed by atoms with van der Waals surface area (Å²) in [5.74, 6) is 1.19. The van der Waals surface area contributed by atoms with Gasteiger partial charge >= 0.3 is 6.18 Å². The van der Waals surface area contributed by atoms with Gasteiger partial charge in [0, 0.05) is 11.3 Å². The van der Waals surface area contributed by atoms with Crippen LogP contribution in [0.2, 0.25) is 0 Å². The monoisotopic (exact) mass is 445 g/mol. The van der Waals surface area contributed by atoms with Crippen molar-refractivity contribution in [2.75, 3.05) is 36.2 Å². The van der Waals surface area contributed by atoms with E-state index in [9.17, 15) is 18.0 Å². The first-order valence-electron chi connectivity index (χ1n) is 9.50. The first-order valence-corrected chi connectivity index (χ1v) is 9.50. The second-order valence-corrected chi connectivity index (χ2v) is 6.75. The minimum atomic E-state index is -4.50. The van der Waals surface area contributed by atoms with E-state index in [4.69, 9.17) is 9.47 Å². The Kier molecular flexibility index (Phi) is 5.71. The van der Waals surface area contributed by atoms with E-state index in [1.54, 1.807) is 6.07 Å². The summed E-state index contributed by atoms with van der Waals surface area (Å²) in [6.45, 7) is 1.09. The molecule has 8 nitrogen and oxygen atoms in total. The molecule has 0 fully saturated rings. The van der Waals surface area contributed by atoms with Crippen molar-refractivity contribution in [3.05, 3.63) is 59.9 Å². The lowest BCUT2D eigenvalue weighted by Gasteiger charge is -2.20. The highest BCUT2D eigenvalue weighted by Crippen LogP contribution is 2.36. The van der Waals surface area contributed by atoms with Crippen molar-refractivity contribution >= 4 is 28.9 Å². The van der Waals surface area contributed by atoms with E-state index in [2.05, 4.69) is 25.9 Å². The van der Waals surface area contributed by atoms with Crippen molar-refractivity contribution < 1.29 is 27.4 Å². The summed E-state index contributed by atoms with van der Waals surface area (Å²) in [6, 6.07) is 9.00. The molecule has 0 saturated heterocycles. The van der Waals surface area contributed by atoms with Gasteiger partial charge < -0.3 is 25.4 Å². The number of halogens is 3. The lowest BCUT2D eigenvalue weighted by molar-refractivity contribution is -0.137. The number of alkyl halides is 3. The van der Waals surface area contributed by atoms with Crippen LogP contribution in [0.5, 0.6) is 11.5 Å². The van der Waals surface area contributed by atoms with Crippen LogP contribution in [0.3, 0.4) is 0 Å². The number of rotatable bonds is 5. The molecule has 0 unspecified atom stereocenters. The third-order valence-corrected chi connectivity index (χ3v) is 4.61. The van der Waals surface area contributed by atoms with Crippen LogP contribution >= 0.6 is 0 Å². The average Bonchev–Trinajstić information content (AvgIpc) is 2.79. The Labute approximate surface area is 180 Å². The van der Waals surface area contributed by atoms with Crippen molar-refractivity contribution in [3.63, 3.8) is 0 Å². The Morgan fingerprint density at radius 2 is 2.03 bits per heavy atom. The van der Waals surface area contributed by atoms with Gasteiger partial charge in [-0.05, 0) is 36.4 Å². The van der Waals surface area contributed by atoms with Gasteiger partial charge in [0.05, 0.1) is 24.9 Å². The van der Waals surface area contributed by atoms with Crippen LogP contribution in [0.15, 0.2) is 48.8 Å². The SMILES string of the molecule is COc1cc(C(=O)Nc2cccc(C(F)(F)F)c2)ccc1Nc1ncnc2c1OCCN2. The van der Waals surface area contributed by atoms with Crippen molar-refractivity contribution in [3.8, 4) is 11.5 Å². The minimum Gasteiger partial charge on any atom is -0.495 e. The second kappa shape index (κ2) is 8.61. The van der Waals surface area contributed by atoms with E-state index in [1.165, 1.54) is 37.7 Å². The molecule has 1 aromatic heterocycles. The van der Waals surface area contributed by atoms with Crippen molar-refractivity contribution in [2.24, 2.45) is 0 Å². The highest BCUT2D eigenvalue weighted by molar-refractivity contribution is 6.05. The number of nitrogens with one attached hydrogen (secondary N) is 3. The molecule has 2 aromatic carbocycles. The lowest BCUT2D eigenvalue weighted by atomic mass is 10.1. The molecular formula is C21H18F3N5O3. The number of carbonyl (C=O) groups is 1. The van der Waals surface area contributed by atoms with Gasteiger partial charge in [-0.3, -0.25) is 4.79 Å². The van der Waals surface area contributed by atoms with Crippen molar-refractivity contribution in [1.82, 2.24) is 9.97 Å². The van der Waals surface area contributed by atoms with E-state index in [-0.39, 0.29) is 11.3 Å². The molecule has 0 bridgehead atoms. The predicted molar refractivity (Wildman–Crippen MR) is 112 cm³/mol. The summed E-state index contributed by atoms with van der Waals surface area (Å²) in [5, 5.41) is 8.67. The number of hydrogen-bond acceptors (Lipinski definition) is 7. The zero-order chi connectivity index (χ0) is 22.7. The number of nitrogens with zero attached hydrogens (tertiary/aromatic N) is 2. The average molecular weight is 445 g/mol. The molecule has 0 radical (unpaired) electrons. The Hall–Kier alpha value is -4.02. The number of fused-ring (bicyclic) bond motifs is 1. The highest BCUT2D eigenvalue weighted by atomic mass is 19.4. The Balaban J connectivity index is 1.55. The molecule has 166 valence electrons. The van der Waals surface area contributed by atoms with Crippen LogP contribution in [0, 0.1) is 0 Å². The number of anilines is 4. The smallest absolute Gasteiger partial charge is 0.416 e. The zero-order valence-electron chi connectivity index (χ0n) is 16.8. The maximum Gasteiger partial charge on any atom is 0.416 e. The molecule has 11 heteroatoms. The summed E-state index contributed by atoms with van der Waals surface area (Å²) >= 11 is 0. The Morgan fingerprint density at radius 3 is 2.81 bits per heavy atom. The molecule has 4 rings (SSSR count). The van der Waals surface area contributed by atoms with Crippen LogP contribution in [0.25, 0.3) is 0 Å². The van der Waals surface area contributed by atoms with E-state index in [1.807, 2.05) is 0 Å². The number of ether oxygens (including phenoxy) is 2. The van der Waals surface area contributed by atoms with Crippen LogP contribution < -0.4 is 25.4 Å². The van der Waals surface area contributed by atoms with Gasteiger partial charge in [-0.15, -0.1) is 0 Å². The largest absolute Gasteiger partial charge is 0.495 e. The van der Waals surface area contributed by atoms with Gasteiger partial charge in [0.25, 0.3) is 5.91 Å². The number of aromatic nitrogens is 2. The zero-order valence-corrected chi connectivity index (χ0v) is 16.8. The van der Waals surface area contributed by atoms with E-state index in [0.717, 1.165) is 12.1 Å². The first kappa shape index (κ1) is 21.2. The summed E-state index contributed by atoms with van der Waals surface area (Å²) in [6.07, 6.45) is -3.12. The second-order valence-electron chi connectivity index (χ2n) is 6.75. The fourth-order valence-corrected chi connectivity index (χ4v) is 3.09. The van der Waals surface area contributed by atoms with Gasteiger partial charge in [0.2, 0.25) is 5.75 Å². The molecule has 3 aromatic rings. The molecule has 1 aliphatic rings. The summed E-state index contributed by atoms with van der Waals surface area (Å²) in [5.41, 5.74) is -0.105. The third kappa shape index (κ3) is 4.51. The molecule has 0 saturated carbocycles. The number of carbonyl (C=O) groups excluding carboxylic acids is 1. The fraction of sp³-hybridized carbons (Fsp3) is 0.190. The highest BCUT2D eigenvalue weighted by Gasteiger charge is 2.30. The number of hydrogen-bond donors (Lipinski definition) is 3. The van der Waals surface area contributed by atoms with Gasteiger partial charge in [-0.1, -0.05) is 6.07 Å². The van der Waals surface area contributed by atoms with Crippen molar-refractivity contribution in [1.29, 1.82) is 0 Å². The summed E-state index contributed by atoms with van der Waals surface area (Å²) < 4.78 is 49.7. The van der Waals surface area contributed by atoms with E-state index >= 15 is 0 Å². The maximum atomic E-state index is 12.9. The summed E-state index contributed by atoms with van der Waals surface area (Å²) in [7, 11) is 1.43. The van der Waals surface area contributed by atoms with Crippen LogP contribution in [-0.2, 0) is 6.18 Å². The molecule has 0 spiro atoms. The Bertz CT molecular complexity index is 1150. The molecular weight excluding hydrogens is 427 g/mol. The normalized spacial score (nSPS) is 12.8. The van der Waals surface area contributed by atoms with Crippen LogP contribution in [-0.4, -0.2) is 36.1 Å². The van der Waals surface area contributed by atoms with Crippen molar-refractivity contribution in [2.45, 2.75) is 6.18 Å². The molecule has 0 aliphatic carbocycles. The fourth-order valence-electron chi connectivity index (χ4n) is 3.09. The summed E-state index contributed by atoms with van der Waals surface area (Å²) in [4.78, 5) is 20.9. The van der Waals surface area contributed by atoms with Crippen LogP contribution in [0.1, 0.15) is 15.9 Å². The predicted octanol–water partition coefficient (Wildman–Crippen LogP) is 4.30. The molecule has 3 N–H and O–H groups in total. The first-order chi connectivity index (χ1) is 15.3. The van der Waals surface area contributed by atoms with Gasteiger partial charge in [0.15, 0.2) is 11.6 Å². The molecule has 0 atom stereocenters. The minimum absolute atomic E-state index is 0.0308. The van der Waals surface area contributed by atoms with Gasteiger partial charge in [0.1, 0.15) is 18.7 Å². The maximum absolute atomic E-state index is 12.9. The standard InChI is InChI=1S/C21H18F3N5O3/c1-31-16-9-12(20(30)28-14-4-2-3-13(10-14)21(22,23)24)5-6-15(16)29-19-17-18(26-11-27-19)25-7-8-32-17/h2-6,9-11H,7-8H2,1H3,(H,28,30)(H2,25,26,27,29). The number of methoxy groups -OCH3 is 1. The van der Waals surface area contributed by atoms with Crippen LogP contribution in [0.4, 0.5) is 36.2 Å². The number of benzene rings is 2. The van der Waals surface area contributed by atoms with E-state index < -0.39 is 17.6 Å². The molecule has 1 aliphatic heterocycles. The Morgan fingerprint density at radius 1 is 1.19 bits per heavy atom. The quantitative estimate of drug-likeness (QED) is 0.539. The lowest BCUT2D eigenvalue weighted by Crippen LogP contribution is -2.20.